The Morgan fingerprint density at radius 1 is 0.879 bits per heavy atom. The molecular formula is C25H22N4O4. The van der Waals surface area contributed by atoms with Crippen LogP contribution in [-0.4, -0.2) is 34.4 Å². The van der Waals surface area contributed by atoms with Crippen molar-refractivity contribution in [2.45, 2.75) is 13.5 Å². The molecule has 0 aliphatic carbocycles. The molecule has 0 saturated heterocycles. The quantitative estimate of drug-likeness (QED) is 0.371. The standard InChI is InChI=1S/C25H22N4O4/c1-15-8-10-18-19(12-15)27-24(26-18)16-9-11-21(22(13-16)31-3)32-14-23-28-29-25(33-23)17-6-4-5-7-20(17)30-2/h4-13H,14H2,1-3H3,(H,26,27). The summed E-state index contributed by atoms with van der Waals surface area (Å²) in [4.78, 5) is 8.03. The van der Waals surface area contributed by atoms with Gasteiger partial charge in [-0.15, -0.1) is 10.2 Å². The Hall–Kier alpha value is -4.33. The third kappa shape index (κ3) is 4.10. The number of hydrogen-bond donors (Lipinski definition) is 1. The largest absolute Gasteiger partial charge is 0.496 e. The number of benzene rings is 3. The number of rotatable bonds is 7. The van der Waals surface area contributed by atoms with Gasteiger partial charge in [-0.25, -0.2) is 4.98 Å². The molecule has 0 aliphatic heterocycles. The first-order valence-electron chi connectivity index (χ1n) is 10.4. The van der Waals surface area contributed by atoms with Crippen LogP contribution in [0, 0.1) is 6.92 Å². The molecule has 0 atom stereocenters. The van der Waals surface area contributed by atoms with E-state index in [1.807, 2.05) is 54.6 Å². The van der Waals surface area contributed by atoms with Crippen molar-refractivity contribution in [2.75, 3.05) is 14.2 Å². The average molecular weight is 442 g/mol. The zero-order chi connectivity index (χ0) is 22.8. The summed E-state index contributed by atoms with van der Waals surface area (Å²) in [5, 5.41) is 8.19. The molecule has 2 aromatic heterocycles. The van der Waals surface area contributed by atoms with E-state index in [-0.39, 0.29) is 6.61 Å². The van der Waals surface area contributed by atoms with Crippen molar-refractivity contribution in [1.82, 2.24) is 20.2 Å². The molecule has 166 valence electrons. The minimum atomic E-state index is 0.0990. The third-order valence-electron chi connectivity index (χ3n) is 5.23. The van der Waals surface area contributed by atoms with E-state index in [9.17, 15) is 0 Å². The van der Waals surface area contributed by atoms with Gasteiger partial charge in [0.15, 0.2) is 18.1 Å². The topological polar surface area (TPSA) is 95.3 Å². The highest BCUT2D eigenvalue weighted by Gasteiger charge is 2.15. The van der Waals surface area contributed by atoms with Gasteiger partial charge >= 0.3 is 0 Å². The van der Waals surface area contributed by atoms with Gasteiger partial charge in [0.05, 0.1) is 30.8 Å². The second-order valence-electron chi connectivity index (χ2n) is 7.46. The Kier molecular flexibility index (Phi) is 5.40. The number of aryl methyl sites for hydroxylation is 1. The van der Waals surface area contributed by atoms with Crippen molar-refractivity contribution >= 4 is 11.0 Å². The van der Waals surface area contributed by atoms with E-state index in [1.165, 1.54) is 5.56 Å². The van der Waals surface area contributed by atoms with Gasteiger partial charge in [-0.05, 0) is 55.0 Å². The molecule has 0 saturated carbocycles. The summed E-state index contributed by atoms with van der Waals surface area (Å²) in [5.74, 6) is 3.27. The van der Waals surface area contributed by atoms with Crippen molar-refractivity contribution < 1.29 is 18.6 Å². The molecular weight excluding hydrogens is 420 g/mol. The molecule has 0 bridgehead atoms. The van der Waals surface area contributed by atoms with E-state index in [0.29, 0.717) is 29.0 Å². The normalized spacial score (nSPS) is 11.0. The van der Waals surface area contributed by atoms with E-state index in [0.717, 1.165) is 28.0 Å². The number of H-pyrrole nitrogens is 1. The summed E-state index contributed by atoms with van der Waals surface area (Å²) in [6.45, 7) is 2.15. The highest BCUT2D eigenvalue weighted by atomic mass is 16.5. The van der Waals surface area contributed by atoms with Crippen LogP contribution >= 0.6 is 0 Å². The number of nitrogens with zero attached hydrogens (tertiary/aromatic N) is 3. The fourth-order valence-electron chi connectivity index (χ4n) is 3.58. The maximum atomic E-state index is 5.90. The van der Waals surface area contributed by atoms with E-state index in [2.05, 4.69) is 33.2 Å². The SMILES string of the molecule is COc1cc(-c2nc3ccc(C)cc3[nH]2)ccc1OCc1nnc(-c2ccccc2OC)o1. The van der Waals surface area contributed by atoms with Crippen molar-refractivity contribution in [3.05, 3.63) is 72.1 Å². The molecule has 0 unspecified atom stereocenters. The molecule has 0 fully saturated rings. The lowest BCUT2D eigenvalue weighted by molar-refractivity contribution is 0.251. The van der Waals surface area contributed by atoms with Crippen LogP contribution in [0.2, 0.25) is 0 Å². The van der Waals surface area contributed by atoms with Gasteiger partial charge in [-0.3, -0.25) is 0 Å². The lowest BCUT2D eigenvalue weighted by Gasteiger charge is -2.10. The average Bonchev–Trinajstić information content (AvgIpc) is 3.49. The number of fused-ring (bicyclic) bond motifs is 1. The van der Waals surface area contributed by atoms with Gasteiger partial charge < -0.3 is 23.6 Å². The molecule has 8 nitrogen and oxygen atoms in total. The lowest BCUT2D eigenvalue weighted by Crippen LogP contribution is -1.98. The number of methoxy groups -OCH3 is 2. The fourth-order valence-corrected chi connectivity index (χ4v) is 3.58. The minimum absolute atomic E-state index is 0.0990. The van der Waals surface area contributed by atoms with Crippen LogP contribution in [0.1, 0.15) is 11.5 Å². The molecule has 3 aromatic carbocycles. The van der Waals surface area contributed by atoms with Crippen LogP contribution < -0.4 is 14.2 Å². The van der Waals surface area contributed by atoms with Gasteiger partial charge in [0.1, 0.15) is 11.6 Å². The molecule has 1 N–H and O–H groups in total. The Morgan fingerprint density at radius 2 is 1.73 bits per heavy atom. The minimum Gasteiger partial charge on any atom is -0.496 e. The highest BCUT2D eigenvalue weighted by Crippen LogP contribution is 2.33. The molecule has 0 spiro atoms. The van der Waals surface area contributed by atoms with Crippen LogP contribution in [-0.2, 0) is 6.61 Å². The van der Waals surface area contributed by atoms with E-state index >= 15 is 0 Å². The first kappa shape index (κ1) is 20.6. The number of ether oxygens (including phenoxy) is 3. The van der Waals surface area contributed by atoms with Gasteiger partial charge in [-0.2, -0.15) is 0 Å². The van der Waals surface area contributed by atoms with E-state index in [4.69, 9.17) is 18.6 Å². The molecule has 8 heteroatoms. The van der Waals surface area contributed by atoms with Crippen LogP contribution in [0.15, 0.2) is 65.1 Å². The Bertz CT molecular complexity index is 1420. The Labute approximate surface area is 190 Å². The van der Waals surface area contributed by atoms with E-state index in [1.54, 1.807) is 14.2 Å². The maximum absolute atomic E-state index is 5.90. The predicted molar refractivity (Wildman–Crippen MR) is 123 cm³/mol. The number of imidazole rings is 1. The molecule has 0 radical (unpaired) electrons. The monoisotopic (exact) mass is 442 g/mol. The molecule has 2 heterocycles. The summed E-state index contributed by atoms with van der Waals surface area (Å²) >= 11 is 0. The zero-order valence-electron chi connectivity index (χ0n) is 18.5. The van der Waals surface area contributed by atoms with Crippen molar-refractivity contribution in [1.29, 1.82) is 0 Å². The summed E-state index contributed by atoms with van der Waals surface area (Å²) < 4.78 is 22.6. The number of nitrogens with one attached hydrogen (secondary N) is 1. The fraction of sp³-hybridized carbons (Fsp3) is 0.160. The smallest absolute Gasteiger partial charge is 0.254 e. The molecule has 0 aliphatic rings. The van der Waals surface area contributed by atoms with Crippen LogP contribution in [0.25, 0.3) is 33.9 Å². The summed E-state index contributed by atoms with van der Waals surface area (Å²) in [5.41, 5.74) is 4.70. The molecule has 5 aromatic rings. The first-order chi connectivity index (χ1) is 16.1. The van der Waals surface area contributed by atoms with E-state index < -0.39 is 0 Å². The summed E-state index contributed by atoms with van der Waals surface area (Å²) in [7, 11) is 3.20. The van der Waals surface area contributed by atoms with Gasteiger partial charge in [0.25, 0.3) is 11.8 Å². The second kappa shape index (κ2) is 8.66. The van der Waals surface area contributed by atoms with Gasteiger partial charge in [-0.1, -0.05) is 18.2 Å². The lowest BCUT2D eigenvalue weighted by atomic mass is 10.2. The molecule has 5 rings (SSSR count). The predicted octanol–water partition coefficient (Wildman–Crippen LogP) is 5.18. The number of aromatic nitrogens is 4. The van der Waals surface area contributed by atoms with Crippen molar-refractivity contribution in [3.8, 4) is 40.1 Å². The molecule has 33 heavy (non-hydrogen) atoms. The maximum Gasteiger partial charge on any atom is 0.254 e. The number of para-hydroxylation sites is 1. The summed E-state index contributed by atoms with van der Waals surface area (Å²) in [6, 6.07) is 19.2. The third-order valence-corrected chi connectivity index (χ3v) is 5.23. The highest BCUT2D eigenvalue weighted by molar-refractivity contribution is 5.80. The zero-order valence-corrected chi connectivity index (χ0v) is 18.5. The Morgan fingerprint density at radius 3 is 2.58 bits per heavy atom. The van der Waals surface area contributed by atoms with Crippen molar-refractivity contribution in [3.63, 3.8) is 0 Å². The van der Waals surface area contributed by atoms with Crippen LogP contribution in [0.3, 0.4) is 0 Å². The first-order valence-corrected chi connectivity index (χ1v) is 10.4. The molecule has 0 amide bonds. The van der Waals surface area contributed by atoms with Gasteiger partial charge in [0.2, 0.25) is 0 Å². The number of aromatic amines is 1. The summed E-state index contributed by atoms with van der Waals surface area (Å²) in [6.07, 6.45) is 0. The van der Waals surface area contributed by atoms with Gasteiger partial charge in [0, 0.05) is 5.56 Å². The van der Waals surface area contributed by atoms with Crippen LogP contribution in [0.5, 0.6) is 17.2 Å². The Balaban J connectivity index is 1.34. The van der Waals surface area contributed by atoms with Crippen molar-refractivity contribution in [2.24, 2.45) is 0 Å². The number of hydrogen-bond acceptors (Lipinski definition) is 7. The van der Waals surface area contributed by atoms with Crippen LogP contribution in [0.4, 0.5) is 0 Å². The second-order valence-corrected chi connectivity index (χ2v) is 7.46.